The van der Waals surface area contributed by atoms with Crippen LogP contribution in [0.15, 0.2) is 47.5 Å². The highest BCUT2D eigenvalue weighted by atomic mass is 32.1. The molecule has 1 aromatic heterocycles. The van der Waals surface area contributed by atoms with E-state index in [1.54, 1.807) is 29.7 Å². The molecule has 0 fully saturated rings. The number of rotatable bonds is 8. The molecule has 3 rings (SSSR count). The number of fused-ring (bicyclic) bond motifs is 1. The second kappa shape index (κ2) is 10.2. The molecule has 168 valence electrons. The molecule has 32 heavy (non-hydrogen) atoms. The van der Waals surface area contributed by atoms with E-state index in [1.165, 1.54) is 12.1 Å². The molecule has 0 spiro atoms. The predicted molar refractivity (Wildman–Crippen MR) is 123 cm³/mol. The normalized spacial score (nSPS) is 11.5. The standard InChI is InChI=1S/C22H24N4O5S/c1-4-24(5-2)16-9-7-15(8-10-16)21(28)23-22-25(14-20(27)31-6-3)18-12-11-17(26(29)30)13-19(18)32-22/h7-13H,4-6,14H2,1-3H3. The number of carbonyl (C=O) groups excluding carboxylic acids is 2. The maximum atomic E-state index is 12.8. The van der Waals surface area contributed by atoms with Crippen LogP contribution >= 0.6 is 11.3 Å². The molecular formula is C22H24N4O5S. The van der Waals surface area contributed by atoms with Crippen molar-refractivity contribution in [1.29, 1.82) is 0 Å². The number of hydrogen-bond acceptors (Lipinski definition) is 7. The van der Waals surface area contributed by atoms with Crippen LogP contribution < -0.4 is 9.70 Å². The number of hydrogen-bond donors (Lipinski definition) is 0. The summed E-state index contributed by atoms with van der Waals surface area (Å²) >= 11 is 1.11. The molecule has 1 heterocycles. The molecule has 2 aromatic carbocycles. The van der Waals surface area contributed by atoms with Gasteiger partial charge in [0.05, 0.1) is 21.7 Å². The number of carbonyl (C=O) groups is 2. The second-order valence-corrected chi connectivity index (χ2v) is 7.83. The first kappa shape index (κ1) is 23.1. The molecule has 0 aliphatic carbocycles. The molecule has 0 bridgehead atoms. The fourth-order valence-corrected chi connectivity index (χ4v) is 4.37. The fraction of sp³-hybridized carbons (Fsp3) is 0.318. The Morgan fingerprint density at radius 3 is 2.41 bits per heavy atom. The van der Waals surface area contributed by atoms with Crippen molar-refractivity contribution < 1.29 is 19.2 Å². The van der Waals surface area contributed by atoms with E-state index in [-0.39, 0.29) is 23.6 Å². The zero-order valence-corrected chi connectivity index (χ0v) is 18.9. The van der Waals surface area contributed by atoms with Crippen molar-refractivity contribution in [2.45, 2.75) is 27.3 Å². The molecule has 0 radical (unpaired) electrons. The quantitative estimate of drug-likeness (QED) is 0.290. The smallest absolute Gasteiger partial charge is 0.326 e. The van der Waals surface area contributed by atoms with Crippen molar-refractivity contribution in [3.8, 4) is 0 Å². The molecule has 0 saturated carbocycles. The van der Waals surface area contributed by atoms with Crippen LogP contribution in [0.4, 0.5) is 11.4 Å². The summed E-state index contributed by atoms with van der Waals surface area (Å²) in [7, 11) is 0. The molecule has 3 aromatic rings. The average Bonchev–Trinajstić information content (AvgIpc) is 3.11. The first-order chi connectivity index (χ1) is 15.4. The Bertz CT molecular complexity index is 1210. The van der Waals surface area contributed by atoms with Crippen molar-refractivity contribution >= 4 is 44.8 Å². The minimum absolute atomic E-state index is 0.0769. The van der Waals surface area contributed by atoms with Gasteiger partial charge in [0.15, 0.2) is 4.80 Å². The number of esters is 1. The molecule has 0 atom stereocenters. The molecular weight excluding hydrogens is 432 g/mol. The highest BCUT2D eigenvalue weighted by Crippen LogP contribution is 2.23. The number of anilines is 1. The van der Waals surface area contributed by atoms with Crippen molar-refractivity contribution in [2.75, 3.05) is 24.6 Å². The number of benzene rings is 2. The number of nitro benzene ring substituents is 1. The Morgan fingerprint density at radius 1 is 1.12 bits per heavy atom. The van der Waals surface area contributed by atoms with Crippen LogP contribution in [0.1, 0.15) is 31.1 Å². The van der Waals surface area contributed by atoms with E-state index in [1.807, 2.05) is 12.1 Å². The van der Waals surface area contributed by atoms with Crippen molar-refractivity contribution in [3.63, 3.8) is 0 Å². The first-order valence-electron chi connectivity index (χ1n) is 10.2. The van der Waals surface area contributed by atoms with E-state index < -0.39 is 16.8 Å². The van der Waals surface area contributed by atoms with Crippen molar-refractivity contribution in [2.24, 2.45) is 4.99 Å². The summed E-state index contributed by atoms with van der Waals surface area (Å²) in [5.74, 6) is -0.946. The Hall–Kier alpha value is -3.53. The van der Waals surface area contributed by atoms with Gasteiger partial charge in [0, 0.05) is 36.5 Å². The third-order valence-electron chi connectivity index (χ3n) is 4.91. The van der Waals surface area contributed by atoms with E-state index in [4.69, 9.17) is 4.74 Å². The van der Waals surface area contributed by atoms with Crippen LogP contribution in [0.3, 0.4) is 0 Å². The third kappa shape index (κ3) is 5.02. The van der Waals surface area contributed by atoms with Gasteiger partial charge >= 0.3 is 5.97 Å². The second-order valence-electron chi connectivity index (χ2n) is 6.82. The van der Waals surface area contributed by atoms with Gasteiger partial charge in [-0.15, -0.1) is 0 Å². The van der Waals surface area contributed by atoms with Gasteiger partial charge in [-0.2, -0.15) is 4.99 Å². The number of non-ortho nitro benzene ring substituents is 1. The lowest BCUT2D eigenvalue weighted by molar-refractivity contribution is -0.384. The summed E-state index contributed by atoms with van der Waals surface area (Å²) in [5.41, 5.74) is 1.91. The van der Waals surface area contributed by atoms with Crippen LogP contribution in [-0.2, 0) is 16.1 Å². The van der Waals surface area contributed by atoms with Crippen molar-refractivity contribution in [1.82, 2.24) is 4.57 Å². The fourth-order valence-electron chi connectivity index (χ4n) is 3.30. The summed E-state index contributed by atoms with van der Waals surface area (Å²) in [6.45, 7) is 7.61. The Morgan fingerprint density at radius 2 is 1.81 bits per heavy atom. The average molecular weight is 457 g/mol. The Labute approximate surface area is 188 Å². The van der Waals surface area contributed by atoms with E-state index in [9.17, 15) is 19.7 Å². The highest BCUT2D eigenvalue weighted by molar-refractivity contribution is 7.16. The van der Waals surface area contributed by atoms with Gasteiger partial charge in [-0.1, -0.05) is 11.3 Å². The van der Waals surface area contributed by atoms with Gasteiger partial charge in [0.25, 0.3) is 11.6 Å². The number of thiazole rings is 1. The van der Waals surface area contributed by atoms with Gasteiger partial charge in [0.1, 0.15) is 6.54 Å². The van der Waals surface area contributed by atoms with E-state index >= 15 is 0 Å². The van der Waals surface area contributed by atoms with Gasteiger partial charge in [-0.25, -0.2) is 0 Å². The lowest BCUT2D eigenvalue weighted by Crippen LogP contribution is -2.23. The summed E-state index contributed by atoms with van der Waals surface area (Å²) in [6.07, 6.45) is 0. The summed E-state index contributed by atoms with van der Waals surface area (Å²) in [6, 6.07) is 11.5. The molecule has 0 saturated heterocycles. The summed E-state index contributed by atoms with van der Waals surface area (Å²) in [4.78, 5) is 42.2. The number of nitro groups is 1. The molecule has 0 aliphatic rings. The van der Waals surface area contributed by atoms with Gasteiger partial charge in [0.2, 0.25) is 0 Å². The first-order valence-corrected chi connectivity index (χ1v) is 11.1. The van der Waals surface area contributed by atoms with Crippen LogP contribution in [0.25, 0.3) is 10.2 Å². The van der Waals surface area contributed by atoms with Gasteiger partial charge in [-0.05, 0) is 51.1 Å². The van der Waals surface area contributed by atoms with Gasteiger partial charge < -0.3 is 14.2 Å². The molecule has 9 nitrogen and oxygen atoms in total. The maximum Gasteiger partial charge on any atom is 0.326 e. The van der Waals surface area contributed by atoms with Crippen LogP contribution in [0, 0.1) is 10.1 Å². The minimum Gasteiger partial charge on any atom is -0.465 e. The van der Waals surface area contributed by atoms with E-state index in [0.29, 0.717) is 15.8 Å². The topological polar surface area (TPSA) is 107 Å². The van der Waals surface area contributed by atoms with E-state index in [0.717, 1.165) is 30.1 Å². The summed E-state index contributed by atoms with van der Waals surface area (Å²) < 4.78 is 7.13. The maximum absolute atomic E-state index is 12.8. The lowest BCUT2D eigenvalue weighted by Gasteiger charge is -2.20. The van der Waals surface area contributed by atoms with Gasteiger partial charge in [-0.3, -0.25) is 19.7 Å². The number of ether oxygens (including phenoxy) is 1. The molecule has 0 unspecified atom stereocenters. The molecule has 0 N–H and O–H groups in total. The van der Waals surface area contributed by atoms with Crippen LogP contribution in [0.2, 0.25) is 0 Å². The van der Waals surface area contributed by atoms with Crippen LogP contribution in [-0.4, -0.2) is 41.1 Å². The molecule has 0 aliphatic heterocycles. The SMILES string of the molecule is CCOC(=O)Cn1c(=NC(=O)c2ccc(N(CC)CC)cc2)sc2cc([N+](=O)[O-])ccc21. The minimum atomic E-state index is -0.492. The third-order valence-corrected chi connectivity index (χ3v) is 5.95. The predicted octanol–water partition coefficient (Wildman–Crippen LogP) is 3.76. The lowest BCUT2D eigenvalue weighted by atomic mass is 10.2. The zero-order valence-electron chi connectivity index (χ0n) is 18.1. The number of aromatic nitrogens is 1. The monoisotopic (exact) mass is 456 g/mol. The number of amides is 1. The molecule has 1 amide bonds. The van der Waals surface area contributed by atoms with Crippen molar-refractivity contribution in [3.05, 3.63) is 62.9 Å². The van der Waals surface area contributed by atoms with Crippen LogP contribution in [0.5, 0.6) is 0 Å². The largest absolute Gasteiger partial charge is 0.465 e. The Kier molecular flexibility index (Phi) is 7.37. The van der Waals surface area contributed by atoms with E-state index in [2.05, 4.69) is 23.7 Å². The molecule has 10 heteroatoms. The number of nitrogens with zero attached hydrogens (tertiary/aromatic N) is 4. The summed E-state index contributed by atoms with van der Waals surface area (Å²) in [5, 5.41) is 11.1. The Balaban J connectivity index is 2.04. The zero-order chi connectivity index (χ0) is 23.3. The highest BCUT2D eigenvalue weighted by Gasteiger charge is 2.16.